The number of ether oxygens (including phenoxy) is 2. The van der Waals surface area contributed by atoms with Gasteiger partial charge in [-0.05, 0) is 26.0 Å². The average Bonchev–Trinajstić information content (AvgIpc) is 2.41. The van der Waals surface area contributed by atoms with Gasteiger partial charge in [-0.3, -0.25) is 4.90 Å². The Morgan fingerprint density at radius 1 is 1.39 bits per heavy atom. The zero-order chi connectivity index (χ0) is 13.0. The molecule has 0 atom stereocenters. The molecule has 1 aliphatic heterocycles. The molecule has 1 fully saturated rings. The van der Waals surface area contributed by atoms with Gasteiger partial charge in [-0.15, -0.1) is 0 Å². The molecule has 4 nitrogen and oxygen atoms in total. The normalized spacial score (nSPS) is 17.1. The van der Waals surface area contributed by atoms with Crippen LogP contribution < -0.4 is 10.5 Å². The largest absolute Gasteiger partial charge is 0.496 e. The maximum absolute atomic E-state index is 5.77. The summed E-state index contributed by atoms with van der Waals surface area (Å²) in [5, 5.41) is 0. The molecule has 1 aromatic rings. The minimum absolute atomic E-state index is 0.598. The zero-order valence-electron chi connectivity index (χ0n) is 11.2. The van der Waals surface area contributed by atoms with Crippen molar-refractivity contribution in [2.45, 2.75) is 25.4 Å². The standard InChI is InChI=1S/C14H22N2O2/c1-16(13-5-7-18-8-6-13)10-11-3-4-12(15)9-14(11)17-2/h3-4,9,13H,5-8,10,15H2,1-2H3. The van der Waals surface area contributed by atoms with E-state index in [4.69, 9.17) is 15.2 Å². The highest BCUT2D eigenvalue weighted by Crippen LogP contribution is 2.24. The van der Waals surface area contributed by atoms with Crippen molar-refractivity contribution >= 4 is 5.69 Å². The van der Waals surface area contributed by atoms with E-state index in [-0.39, 0.29) is 0 Å². The molecule has 1 heterocycles. The van der Waals surface area contributed by atoms with Crippen molar-refractivity contribution in [3.8, 4) is 5.75 Å². The summed E-state index contributed by atoms with van der Waals surface area (Å²) in [7, 11) is 3.85. The number of methoxy groups -OCH3 is 1. The van der Waals surface area contributed by atoms with Gasteiger partial charge >= 0.3 is 0 Å². The third-order valence-corrected chi connectivity index (χ3v) is 3.55. The van der Waals surface area contributed by atoms with Crippen molar-refractivity contribution in [2.75, 3.05) is 33.1 Å². The van der Waals surface area contributed by atoms with Gasteiger partial charge < -0.3 is 15.2 Å². The molecule has 0 spiro atoms. The van der Waals surface area contributed by atoms with Crippen LogP contribution in [-0.2, 0) is 11.3 Å². The smallest absolute Gasteiger partial charge is 0.125 e. The molecule has 0 aliphatic carbocycles. The first-order valence-corrected chi connectivity index (χ1v) is 6.41. The summed E-state index contributed by atoms with van der Waals surface area (Å²) >= 11 is 0. The number of hydrogen-bond donors (Lipinski definition) is 1. The van der Waals surface area contributed by atoms with Gasteiger partial charge in [-0.25, -0.2) is 0 Å². The summed E-state index contributed by atoms with van der Waals surface area (Å²) in [6.07, 6.45) is 2.21. The molecule has 0 amide bonds. The van der Waals surface area contributed by atoms with Crippen LogP contribution in [0.4, 0.5) is 5.69 Å². The van der Waals surface area contributed by atoms with Crippen LogP contribution in [0.1, 0.15) is 18.4 Å². The molecule has 4 heteroatoms. The van der Waals surface area contributed by atoms with Gasteiger partial charge in [-0.1, -0.05) is 6.07 Å². The number of benzene rings is 1. The minimum Gasteiger partial charge on any atom is -0.496 e. The van der Waals surface area contributed by atoms with Crippen LogP contribution in [0.2, 0.25) is 0 Å². The van der Waals surface area contributed by atoms with Crippen LogP contribution >= 0.6 is 0 Å². The zero-order valence-corrected chi connectivity index (χ0v) is 11.2. The molecule has 18 heavy (non-hydrogen) atoms. The fourth-order valence-corrected chi connectivity index (χ4v) is 2.42. The van der Waals surface area contributed by atoms with Crippen molar-refractivity contribution in [3.63, 3.8) is 0 Å². The van der Waals surface area contributed by atoms with Crippen LogP contribution in [0.15, 0.2) is 18.2 Å². The second-order valence-electron chi connectivity index (χ2n) is 4.83. The molecule has 1 aromatic carbocycles. The fraction of sp³-hybridized carbons (Fsp3) is 0.571. The van der Waals surface area contributed by atoms with E-state index in [0.29, 0.717) is 6.04 Å². The number of hydrogen-bond acceptors (Lipinski definition) is 4. The minimum atomic E-state index is 0.598. The first-order valence-electron chi connectivity index (χ1n) is 6.41. The number of nitrogens with zero attached hydrogens (tertiary/aromatic N) is 1. The molecular weight excluding hydrogens is 228 g/mol. The lowest BCUT2D eigenvalue weighted by molar-refractivity contribution is 0.0405. The van der Waals surface area contributed by atoms with E-state index in [9.17, 15) is 0 Å². The molecule has 0 radical (unpaired) electrons. The Bertz CT molecular complexity index is 389. The monoisotopic (exact) mass is 250 g/mol. The Balaban J connectivity index is 2.03. The van der Waals surface area contributed by atoms with E-state index < -0.39 is 0 Å². The van der Waals surface area contributed by atoms with Crippen molar-refractivity contribution in [1.82, 2.24) is 4.90 Å². The second-order valence-corrected chi connectivity index (χ2v) is 4.83. The Morgan fingerprint density at radius 2 is 2.11 bits per heavy atom. The van der Waals surface area contributed by atoms with Crippen molar-refractivity contribution in [1.29, 1.82) is 0 Å². The molecule has 0 aromatic heterocycles. The molecular formula is C14H22N2O2. The van der Waals surface area contributed by atoms with Crippen LogP contribution in [-0.4, -0.2) is 38.3 Å². The molecule has 0 unspecified atom stereocenters. The topological polar surface area (TPSA) is 47.7 Å². The van der Waals surface area contributed by atoms with Gasteiger partial charge in [0.25, 0.3) is 0 Å². The number of nitrogens with two attached hydrogens (primary N) is 1. The van der Waals surface area contributed by atoms with E-state index in [1.807, 2.05) is 18.2 Å². The molecule has 2 N–H and O–H groups in total. The Hall–Kier alpha value is -1.26. The van der Waals surface area contributed by atoms with Crippen molar-refractivity contribution < 1.29 is 9.47 Å². The van der Waals surface area contributed by atoms with Crippen LogP contribution in [0.25, 0.3) is 0 Å². The predicted molar refractivity (Wildman–Crippen MR) is 72.7 cm³/mol. The highest BCUT2D eigenvalue weighted by Gasteiger charge is 2.19. The van der Waals surface area contributed by atoms with Crippen LogP contribution in [0.5, 0.6) is 5.75 Å². The van der Waals surface area contributed by atoms with Gasteiger partial charge in [0.05, 0.1) is 7.11 Å². The Morgan fingerprint density at radius 3 is 2.78 bits per heavy atom. The molecule has 0 saturated carbocycles. The summed E-state index contributed by atoms with van der Waals surface area (Å²) in [6.45, 7) is 2.62. The Labute approximate surface area is 109 Å². The fourth-order valence-electron chi connectivity index (χ4n) is 2.42. The molecule has 0 bridgehead atoms. The quantitative estimate of drug-likeness (QED) is 0.829. The average molecular weight is 250 g/mol. The van der Waals surface area contributed by atoms with Gasteiger partial charge in [0.1, 0.15) is 5.75 Å². The summed E-state index contributed by atoms with van der Waals surface area (Å²) in [5.74, 6) is 0.869. The van der Waals surface area contributed by atoms with E-state index >= 15 is 0 Å². The SMILES string of the molecule is COc1cc(N)ccc1CN(C)C1CCOCC1. The van der Waals surface area contributed by atoms with Crippen molar-refractivity contribution in [2.24, 2.45) is 0 Å². The summed E-state index contributed by atoms with van der Waals surface area (Å²) < 4.78 is 10.8. The van der Waals surface area contributed by atoms with Crippen LogP contribution in [0, 0.1) is 0 Å². The third-order valence-electron chi connectivity index (χ3n) is 3.55. The number of rotatable bonds is 4. The van der Waals surface area contributed by atoms with Gasteiger partial charge in [-0.2, -0.15) is 0 Å². The van der Waals surface area contributed by atoms with E-state index in [1.165, 1.54) is 5.56 Å². The number of anilines is 1. The van der Waals surface area contributed by atoms with Gasteiger partial charge in [0, 0.05) is 43.1 Å². The Kier molecular flexibility index (Phi) is 4.44. The lowest BCUT2D eigenvalue weighted by Gasteiger charge is -2.31. The van der Waals surface area contributed by atoms with Gasteiger partial charge in [0.2, 0.25) is 0 Å². The number of nitrogen functional groups attached to an aromatic ring is 1. The predicted octanol–water partition coefficient (Wildman–Crippen LogP) is 1.89. The van der Waals surface area contributed by atoms with E-state index in [1.54, 1.807) is 7.11 Å². The maximum atomic E-state index is 5.77. The first kappa shape index (κ1) is 13.2. The maximum Gasteiger partial charge on any atom is 0.125 e. The lowest BCUT2D eigenvalue weighted by atomic mass is 10.1. The second kappa shape index (κ2) is 6.07. The summed E-state index contributed by atoms with van der Waals surface area (Å²) in [6, 6.07) is 6.45. The highest BCUT2D eigenvalue weighted by molar-refractivity contribution is 5.48. The summed E-state index contributed by atoms with van der Waals surface area (Å²) in [4.78, 5) is 2.37. The molecule has 1 aliphatic rings. The third kappa shape index (κ3) is 3.15. The van der Waals surface area contributed by atoms with E-state index in [2.05, 4.69) is 11.9 Å². The molecule has 100 valence electrons. The molecule has 2 rings (SSSR count). The highest BCUT2D eigenvalue weighted by atomic mass is 16.5. The lowest BCUT2D eigenvalue weighted by Crippen LogP contribution is -2.36. The van der Waals surface area contributed by atoms with E-state index in [0.717, 1.165) is 44.0 Å². The van der Waals surface area contributed by atoms with Gasteiger partial charge in [0.15, 0.2) is 0 Å². The van der Waals surface area contributed by atoms with Crippen LogP contribution in [0.3, 0.4) is 0 Å². The van der Waals surface area contributed by atoms with Crippen molar-refractivity contribution in [3.05, 3.63) is 23.8 Å². The molecule has 1 saturated heterocycles. The first-order chi connectivity index (χ1) is 8.70. The summed E-state index contributed by atoms with van der Waals surface area (Å²) in [5.41, 5.74) is 7.69.